The van der Waals surface area contributed by atoms with E-state index in [0.717, 1.165) is 18.5 Å². The number of hydrogen-bond acceptors (Lipinski definition) is 1. The molecule has 1 nitrogen and oxygen atoms in total. The quantitative estimate of drug-likeness (QED) is 0.863. The van der Waals surface area contributed by atoms with E-state index in [2.05, 4.69) is 30.4 Å². The van der Waals surface area contributed by atoms with Crippen molar-refractivity contribution in [1.82, 2.24) is 5.32 Å². The van der Waals surface area contributed by atoms with E-state index < -0.39 is 11.6 Å². The van der Waals surface area contributed by atoms with Crippen molar-refractivity contribution in [3.8, 4) is 0 Å². The summed E-state index contributed by atoms with van der Waals surface area (Å²) in [6, 6.07) is 12.4. The van der Waals surface area contributed by atoms with Crippen molar-refractivity contribution in [3.63, 3.8) is 0 Å². The summed E-state index contributed by atoms with van der Waals surface area (Å²) in [5, 5.41) is 3.32. The van der Waals surface area contributed by atoms with Crippen LogP contribution in [0.2, 0.25) is 0 Å². The van der Waals surface area contributed by atoms with Crippen molar-refractivity contribution in [2.45, 2.75) is 26.3 Å². The molecule has 0 spiro atoms. The van der Waals surface area contributed by atoms with Crippen LogP contribution in [0.25, 0.3) is 0 Å². The van der Waals surface area contributed by atoms with Gasteiger partial charge in [-0.1, -0.05) is 35.9 Å². The van der Waals surface area contributed by atoms with Crippen molar-refractivity contribution in [2.75, 3.05) is 6.54 Å². The number of benzene rings is 2. The standard InChI is InChI=1S/C17H19F2N/c1-12-4-3-5-14(10-12)8-9-20-13(2)15-6-7-16(18)17(19)11-15/h3-7,10-11,13,20H,8-9H2,1-2H3. The lowest BCUT2D eigenvalue weighted by Gasteiger charge is -2.14. The van der Waals surface area contributed by atoms with Gasteiger partial charge in [-0.25, -0.2) is 8.78 Å². The highest BCUT2D eigenvalue weighted by atomic mass is 19.2. The highest BCUT2D eigenvalue weighted by Crippen LogP contribution is 2.16. The third-order valence-electron chi connectivity index (χ3n) is 3.39. The van der Waals surface area contributed by atoms with E-state index in [0.29, 0.717) is 0 Å². The lowest BCUT2D eigenvalue weighted by atomic mass is 10.1. The Morgan fingerprint density at radius 2 is 1.85 bits per heavy atom. The molecule has 1 unspecified atom stereocenters. The summed E-state index contributed by atoms with van der Waals surface area (Å²) in [6.45, 7) is 4.81. The number of nitrogens with one attached hydrogen (secondary N) is 1. The normalized spacial score (nSPS) is 12.4. The van der Waals surface area contributed by atoms with Crippen molar-refractivity contribution >= 4 is 0 Å². The van der Waals surface area contributed by atoms with Crippen molar-refractivity contribution in [1.29, 1.82) is 0 Å². The average Bonchev–Trinajstić information content (AvgIpc) is 2.42. The van der Waals surface area contributed by atoms with Crippen LogP contribution in [0, 0.1) is 18.6 Å². The molecule has 0 saturated carbocycles. The minimum absolute atomic E-state index is 0.00471. The molecule has 0 saturated heterocycles. The summed E-state index contributed by atoms with van der Waals surface area (Å²) in [4.78, 5) is 0. The average molecular weight is 275 g/mol. The Morgan fingerprint density at radius 3 is 2.55 bits per heavy atom. The maximum absolute atomic E-state index is 13.2. The predicted octanol–water partition coefficient (Wildman–Crippen LogP) is 4.17. The van der Waals surface area contributed by atoms with Crippen LogP contribution in [-0.4, -0.2) is 6.54 Å². The van der Waals surface area contributed by atoms with Crippen LogP contribution in [0.5, 0.6) is 0 Å². The van der Waals surface area contributed by atoms with Crippen molar-refractivity contribution < 1.29 is 8.78 Å². The lowest BCUT2D eigenvalue weighted by Crippen LogP contribution is -2.21. The van der Waals surface area contributed by atoms with Crippen LogP contribution in [0.3, 0.4) is 0 Å². The molecule has 2 rings (SSSR count). The minimum atomic E-state index is -0.805. The molecule has 0 bridgehead atoms. The van der Waals surface area contributed by atoms with Gasteiger partial charge in [-0.05, 0) is 50.1 Å². The summed E-state index contributed by atoms with van der Waals surface area (Å²) in [7, 11) is 0. The Morgan fingerprint density at radius 1 is 1.05 bits per heavy atom. The number of hydrogen-bond donors (Lipinski definition) is 1. The molecule has 106 valence electrons. The molecule has 1 atom stereocenters. The molecule has 1 N–H and O–H groups in total. The van der Waals surface area contributed by atoms with Gasteiger partial charge in [-0.2, -0.15) is 0 Å². The van der Waals surface area contributed by atoms with E-state index in [1.165, 1.54) is 23.3 Å². The molecule has 0 aliphatic rings. The van der Waals surface area contributed by atoms with Crippen LogP contribution < -0.4 is 5.32 Å². The van der Waals surface area contributed by atoms with Crippen LogP contribution in [-0.2, 0) is 6.42 Å². The zero-order valence-corrected chi connectivity index (χ0v) is 11.8. The van der Waals surface area contributed by atoms with Crippen LogP contribution >= 0.6 is 0 Å². The Kier molecular flexibility index (Phi) is 4.85. The third kappa shape index (κ3) is 3.87. The van der Waals surface area contributed by atoms with Crippen LogP contribution in [0.15, 0.2) is 42.5 Å². The van der Waals surface area contributed by atoms with Crippen molar-refractivity contribution in [2.24, 2.45) is 0 Å². The van der Waals surface area contributed by atoms with Gasteiger partial charge in [-0.3, -0.25) is 0 Å². The van der Waals surface area contributed by atoms with E-state index >= 15 is 0 Å². The number of rotatable bonds is 5. The predicted molar refractivity (Wildman–Crippen MR) is 77.7 cm³/mol. The zero-order chi connectivity index (χ0) is 14.5. The van der Waals surface area contributed by atoms with Gasteiger partial charge in [0.15, 0.2) is 11.6 Å². The Bertz CT molecular complexity index is 581. The summed E-state index contributed by atoms with van der Waals surface area (Å²) >= 11 is 0. The smallest absolute Gasteiger partial charge is 0.159 e. The van der Waals surface area contributed by atoms with Gasteiger partial charge in [0.25, 0.3) is 0 Å². The Balaban J connectivity index is 1.88. The fourth-order valence-corrected chi connectivity index (χ4v) is 2.20. The van der Waals surface area contributed by atoms with Crippen LogP contribution in [0.4, 0.5) is 8.78 Å². The molecule has 0 heterocycles. The molecule has 0 aliphatic carbocycles. The fraction of sp³-hybridized carbons (Fsp3) is 0.294. The van der Waals surface area contributed by atoms with Gasteiger partial charge in [-0.15, -0.1) is 0 Å². The molecule has 0 amide bonds. The van der Waals surface area contributed by atoms with Gasteiger partial charge < -0.3 is 5.32 Å². The second-order valence-electron chi connectivity index (χ2n) is 5.09. The fourth-order valence-electron chi connectivity index (χ4n) is 2.20. The second kappa shape index (κ2) is 6.62. The molecular formula is C17H19F2N. The molecular weight excluding hydrogens is 256 g/mol. The molecule has 2 aromatic carbocycles. The van der Waals surface area contributed by atoms with Crippen LogP contribution in [0.1, 0.15) is 29.7 Å². The zero-order valence-electron chi connectivity index (χ0n) is 11.8. The summed E-state index contributed by atoms with van der Waals surface area (Å²) < 4.78 is 26.0. The van der Waals surface area contributed by atoms with E-state index in [-0.39, 0.29) is 6.04 Å². The van der Waals surface area contributed by atoms with Gasteiger partial charge >= 0.3 is 0 Å². The summed E-state index contributed by atoms with van der Waals surface area (Å²) in [5.74, 6) is -1.60. The number of halogens is 2. The molecule has 0 aliphatic heterocycles. The largest absolute Gasteiger partial charge is 0.310 e. The topological polar surface area (TPSA) is 12.0 Å². The van der Waals surface area contributed by atoms with Gasteiger partial charge in [0.1, 0.15) is 0 Å². The lowest BCUT2D eigenvalue weighted by molar-refractivity contribution is 0.501. The first-order chi connectivity index (χ1) is 9.56. The van der Waals surface area contributed by atoms with E-state index in [1.54, 1.807) is 6.07 Å². The molecule has 0 fully saturated rings. The van der Waals surface area contributed by atoms with Gasteiger partial charge in [0.2, 0.25) is 0 Å². The maximum Gasteiger partial charge on any atom is 0.159 e. The summed E-state index contributed by atoms with van der Waals surface area (Å²) in [6.07, 6.45) is 0.912. The highest BCUT2D eigenvalue weighted by molar-refractivity contribution is 5.23. The first kappa shape index (κ1) is 14.7. The molecule has 20 heavy (non-hydrogen) atoms. The summed E-state index contributed by atoms with van der Waals surface area (Å²) in [5.41, 5.74) is 3.28. The van der Waals surface area contributed by atoms with E-state index in [4.69, 9.17) is 0 Å². The highest BCUT2D eigenvalue weighted by Gasteiger charge is 2.08. The van der Waals surface area contributed by atoms with Gasteiger partial charge in [0, 0.05) is 6.04 Å². The van der Waals surface area contributed by atoms with E-state index in [9.17, 15) is 8.78 Å². The second-order valence-corrected chi connectivity index (χ2v) is 5.09. The minimum Gasteiger partial charge on any atom is -0.310 e. The molecule has 0 aromatic heterocycles. The Hall–Kier alpha value is -1.74. The first-order valence-electron chi connectivity index (χ1n) is 6.80. The third-order valence-corrected chi connectivity index (χ3v) is 3.39. The molecule has 2 aromatic rings. The number of aryl methyl sites for hydroxylation is 1. The maximum atomic E-state index is 13.2. The molecule has 0 radical (unpaired) electrons. The SMILES string of the molecule is Cc1cccc(CCNC(C)c2ccc(F)c(F)c2)c1. The Labute approximate surface area is 118 Å². The molecule has 3 heteroatoms. The van der Waals surface area contributed by atoms with Crippen molar-refractivity contribution in [3.05, 3.63) is 70.8 Å². The van der Waals surface area contributed by atoms with E-state index in [1.807, 2.05) is 13.0 Å². The van der Waals surface area contributed by atoms with Gasteiger partial charge in [0.05, 0.1) is 0 Å². The first-order valence-corrected chi connectivity index (χ1v) is 6.80. The monoisotopic (exact) mass is 275 g/mol.